The second kappa shape index (κ2) is 7.83. The number of rotatable bonds is 4. The smallest absolute Gasteiger partial charge is 0.270 e. The van der Waals surface area contributed by atoms with Crippen LogP contribution in [0, 0.1) is 10.1 Å². The molecular formula is C19H17ClN4O3S. The highest BCUT2D eigenvalue weighted by atomic mass is 35.5. The Morgan fingerprint density at radius 1 is 1.18 bits per heavy atom. The van der Waals surface area contributed by atoms with E-state index in [1.807, 2.05) is 18.2 Å². The molecule has 1 aliphatic rings. The van der Waals surface area contributed by atoms with Crippen molar-refractivity contribution in [2.45, 2.75) is 6.54 Å². The minimum absolute atomic E-state index is 0.108. The molecule has 2 heterocycles. The molecule has 2 aromatic carbocycles. The molecule has 4 rings (SSSR count). The van der Waals surface area contributed by atoms with E-state index in [0.717, 1.165) is 30.2 Å². The minimum Gasteiger partial charge on any atom is -0.336 e. The van der Waals surface area contributed by atoms with Gasteiger partial charge in [-0.1, -0.05) is 23.7 Å². The van der Waals surface area contributed by atoms with Gasteiger partial charge in [-0.2, -0.15) is 0 Å². The molecule has 0 saturated carbocycles. The highest BCUT2D eigenvalue weighted by Crippen LogP contribution is 2.25. The molecule has 3 aromatic rings. The van der Waals surface area contributed by atoms with Gasteiger partial charge in [-0.25, -0.2) is 4.98 Å². The molecule has 7 nitrogen and oxygen atoms in total. The van der Waals surface area contributed by atoms with Crippen molar-refractivity contribution in [2.75, 3.05) is 26.2 Å². The van der Waals surface area contributed by atoms with Crippen LogP contribution in [0.15, 0.2) is 42.5 Å². The number of aromatic nitrogens is 1. The molecule has 0 radical (unpaired) electrons. The Hall–Kier alpha value is -2.55. The molecule has 1 aliphatic heterocycles. The zero-order valence-electron chi connectivity index (χ0n) is 14.9. The highest BCUT2D eigenvalue weighted by Gasteiger charge is 2.25. The zero-order valence-corrected chi connectivity index (χ0v) is 16.4. The van der Waals surface area contributed by atoms with Crippen LogP contribution < -0.4 is 0 Å². The normalized spacial score (nSPS) is 15.1. The summed E-state index contributed by atoms with van der Waals surface area (Å²) < 4.78 is 1.18. The van der Waals surface area contributed by atoms with Crippen LogP contribution in [0.4, 0.5) is 5.69 Å². The molecule has 1 aromatic heterocycles. The molecule has 0 unspecified atom stereocenters. The van der Waals surface area contributed by atoms with Gasteiger partial charge in [-0.15, -0.1) is 11.3 Å². The quantitative estimate of drug-likeness (QED) is 0.477. The molecule has 0 N–H and O–H groups in total. The van der Waals surface area contributed by atoms with Crippen LogP contribution in [0.25, 0.3) is 10.2 Å². The third-order valence-electron chi connectivity index (χ3n) is 4.75. The lowest BCUT2D eigenvalue weighted by molar-refractivity contribution is -0.384. The number of thiazole rings is 1. The first-order valence-electron chi connectivity index (χ1n) is 8.81. The molecule has 0 aliphatic carbocycles. The van der Waals surface area contributed by atoms with E-state index in [1.54, 1.807) is 16.2 Å². The predicted molar refractivity (Wildman–Crippen MR) is 109 cm³/mol. The fourth-order valence-corrected chi connectivity index (χ4v) is 4.51. The summed E-state index contributed by atoms with van der Waals surface area (Å²) in [4.78, 5) is 31.7. The van der Waals surface area contributed by atoms with Crippen LogP contribution >= 0.6 is 22.9 Å². The van der Waals surface area contributed by atoms with E-state index in [9.17, 15) is 14.9 Å². The van der Waals surface area contributed by atoms with Crippen molar-refractivity contribution in [3.63, 3.8) is 0 Å². The van der Waals surface area contributed by atoms with E-state index < -0.39 is 4.92 Å². The van der Waals surface area contributed by atoms with Gasteiger partial charge < -0.3 is 4.90 Å². The number of nitrogens with zero attached hydrogens (tertiary/aromatic N) is 4. The molecule has 0 bridgehead atoms. The summed E-state index contributed by atoms with van der Waals surface area (Å²) in [5.74, 6) is -0.195. The summed E-state index contributed by atoms with van der Waals surface area (Å²) in [7, 11) is 0. The van der Waals surface area contributed by atoms with Crippen LogP contribution in [0.1, 0.15) is 15.4 Å². The van der Waals surface area contributed by atoms with Crippen LogP contribution in [-0.2, 0) is 6.54 Å². The predicted octanol–water partition coefficient (Wildman–Crippen LogP) is 3.82. The first-order chi connectivity index (χ1) is 13.5. The number of hydrogen-bond acceptors (Lipinski definition) is 6. The number of para-hydroxylation sites is 1. The summed E-state index contributed by atoms with van der Waals surface area (Å²) >= 11 is 7.79. The third-order valence-corrected chi connectivity index (χ3v) is 6.08. The van der Waals surface area contributed by atoms with Crippen LogP contribution in [0.3, 0.4) is 0 Å². The number of nitro benzene ring substituents is 1. The largest absolute Gasteiger partial charge is 0.336 e. The fourth-order valence-electron chi connectivity index (χ4n) is 3.25. The standard InChI is InChI=1S/C19H17ClN4O3S/c20-15-11-13(24(26)27)5-6-14(15)19(25)23-9-7-22(8-10-23)12-18-21-16-3-1-2-4-17(16)28-18/h1-6,11H,7-10,12H2. The summed E-state index contributed by atoms with van der Waals surface area (Å²) in [6.45, 7) is 3.41. The maximum Gasteiger partial charge on any atom is 0.270 e. The SMILES string of the molecule is O=C(c1ccc([N+](=O)[O-])cc1Cl)N1CCN(Cc2nc3ccccc3s2)CC1. The number of carbonyl (C=O) groups excluding carboxylic acids is 1. The number of amides is 1. The molecule has 1 fully saturated rings. The van der Waals surface area contributed by atoms with Crippen molar-refractivity contribution in [1.29, 1.82) is 0 Å². The number of halogens is 1. The molecule has 28 heavy (non-hydrogen) atoms. The molecular weight excluding hydrogens is 400 g/mol. The van der Waals surface area contributed by atoms with E-state index in [1.165, 1.54) is 22.9 Å². The van der Waals surface area contributed by atoms with Crippen molar-refractivity contribution in [1.82, 2.24) is 14.8 Å². The van der Waals surface area contributed by atoms with Gasteiger partial charge >= 0.3 is 0 Å². The van der Waals surface area contributed by atoms with Gasteiger partial charge in [0.25, 0.3) is 11.6 Å². The van der Waals surface area contributed by atoms with E-state index in [-0.39, 0.29) is 16.6 Å². The average molecular weight is 417 g/mol. The van der Waals surface area contributed by atoms with Gasteiger partial charge in [-0.05, 0) is 18.2 Å². The number of fused-ring (bicyclic) bond motifs is 1. The Labute approximate surface area is 170 Å². The second-order valence-electron chi connectivity index (χ2n) is 6.56. The first kappa shape index (κ1) is 18.8. The van der Waals surface area contributed by atoms with Gasteiger partial charge in [-0.3, -0.25) is 19.8 Å². The number of benzene rings is 2. The fraction of sp³-hybridized carbons (Fsp3) is 0.263. The lowest BCUT2D eigenvalue weighted by Gasteiger charge is -2.34. The lowest BCUT2D eigenvalue weighted by Crippen LogP contribution is -2.48. The lowest BCUT2D eigenvalue weighted by atomic mass is 10.1. The van der Waals surface area contributed by atoms with Gasteiger partial charge in [0.2, 0.25) is 0 Å². The Morgan fingerprint density at radius 2 is 1.93 bits per heavy atom. The second-order valence-corrected chi connectivity index (χ2v) is 8.09. The van der Waals surface area contributed by atoms with Crippen molar-refractivity contribution < 1.29 is 9.72 Å². The molecule has 9 heteroatoms. The van der Waals surface area contributed by atoms with E-state index in [4.69, 9.17) is 11.6 Å². The van der Waals surface area contributed by atoms with Gasteiger partial charge in [0.1, 0.15) is 5.01 Å². The summed E-state index contributed by atoms with van der Waals surface area (Å²) in [6.07, 6.45) is 0. The summed E-state index contributed by atoms with van der Waals surface area (Å²) in [6, 6.07) is 12.0. The summed E-state index contributed by atoms with van der Waals surface area (Å²) in [5, 5.41) is 12.0. The Balaban J connectivity index is 1.38. The number of hydrogen-bond donors (Lipinski definition) is 0. The van der Waals surface area contributed by atoms with Gasteiger partial charge in [0.05, 0.1) is 32.3 Å². The number of nitro groups is 1. The summed E-state index contributed by atoms with van der Waals surface area (Å²) in [5.41, 5.74) is 1.19. The average Bonchev–Trinajstić information content (AvgIpc) is 3.10. The van der Waals surface area contributed by atoms with E-state index >= 15 is 0 Å². The number of non-ortho nitro benzene ring substituents is 1. The van der Waals surface area contributed by atoms with Crippen molar-refractivity contribution in [2.24, 2.45) is 0 Å². The van der Waals surface area contributed by atoms with E-state index in [2.05, 4.69) is 16.0 Å². The molecule has 0 atom stereocenters. The molecule has 1 amide bonds. The zero-order chi connectivity index (χ0) is 19.7. The van der Waals surface area contributed by atoms with Gasteiger partial charge in [0, 0.05) is 38.3 Å². The Bertz CT molecular complexity index is 1010. The van der Waals surface area contributed by atoms with Crippen LogP contribution in [0.5, 0.6) is 0 Å². The van der Waals surface area contributed by atoms with Crippen molar-refractivity contribution in [3.05, 3.63) is 68.2 Å². The molecule has 144 valence electrons. The van der Waals surface area contributed by atoms with Crippen molar-refractivity contribution in [3.8, 4) is 0 Å². The molecule has 0 spiro atoms. The molecule has 1 saturated heterocycles. The monoisotopic (exact) mass is 416 g/mol. The van der Waals surface area contributed by atoms with Gasteiger partial charge in [0.15, 0.2) is 0 Å². The number of carbonyl (C=O) groups is 1. The first-order valence-corrected chi connectivity index (χ1v) is 10.0. The highest BCUT2D eigenvalue weighted by molar-refractivity contribution is 7.18. The third kappa shape index (κ3) is 3.84. The van der Waals surface area contributed by atoms with Crippen LogP contribution in [0.2, 0.25) is 5.02 Å². The Morgan fingerprint density at radius 3 is 2.61 bits per heavy atom. The Kier molecular flexibility index (Phi) is 5.25. The minimum atomic E-state index is -0.527. The van der Waals surface area contributed by atoms with Crippen molar-refractivity contribution >= 4 is 44.7 Å². The topological polar surface area (TPSA) is 79.6 Å². The maximum absolute atomic E-state index is 12.7. The van der Waals surface area contributed by atoms with E-state index in [0.29, 0.717) is 18.7 Å². The van der Waals surface area contributed by atoms with Crippen LogP contribution in [-0.4, -0.2) is 51.8 Å². The maximum atomic E-state index is 12.7. The number of piperazine rings is 1.